The molecule has 1 saturated heterocycles. The van der Waals surface area contributed by atoms with Crippen LogP contribution in [0.1, 0.15) is 17.2 Å². The van der Waals surface area contributed by atoms with Gasteiger partial charge in [0.05, 0.1) is 6.04 Å². The van der Waals surface area contributed by atoms with Crippen LogP contribution in [0.15, 0.2) is 54.9 Å². The lowest BCUT2D eigenvalue weighted by Crippen LogP contribution is -2.51. The summed E-state index contributed by atoms with van der Waals surface area (Å²) in [5.74, 6) is 0. The van der Waals surface area contributed by atoms with Gasteiger partial charge in [-0.1, -0.05) is 30.3 Å². The average molecular weight is 282 g/mol. The van der Waals surface area contributed by atoms with Crippen molar-refractivity contribution in [2.24, 2.45) is 0 Å². The van der Waals surface area contributed by atoms with Gasteiger partial charge >= 0.3 is 0 Å². The Labute approximate surface area is 126 Å². The lowest BCUT2D eigenvalue weighted by atomic mass is 10.0. The van der Waals surface area contributed by atoms with E-state index in [0.717, 1.165) is 26.2 Å². The number of rotatable bonds is 4. The maximum absolute atomic E-state index is 4.13. The van der Waals surface area contributed by atoms with Gasteiger partial charge in [-0.25, -0.2) is 10.4 Å². The summed E-state index contributed by atoms with van der Waals surface area (Å²) in [5, 5.41) is 2.33. The standard InChI is InChI=1S/C17H22N4/c1-20-11-13-21(14-12-20)19-17(15-5-3-2-4-6-15)16-7-9-18-10-8-16/h2-10,17,19H,11-14H2,1H3. The molecule has 0 bridgehead atoms. The Bertz CT molecular complexity index is 496. The summed E-state index contributed by atoms with van der Waals surface area (Å²) < 4.78 is 0. The molecule has 0 spiro atoms. The molecule has 3 rings (SSSR count). The van der Waals surface area contributed by atoms with Crippen LogP contribution in [0, 0.1) is 0 Å². The summed E-state index contributed by atoms with van der Waals surface area (Å²) in [6.45, 7) is 4.30. The first-order valence-corrected chi connectivity index (χ1v) is 7.47. The van der Waals surface area contributed by atoms with E-state index in [4.69, 9.17) is 0 Å². The number of piperazine rings is 1. The van der Waals surface area contributed by atoms with Gasteiger partial charge in [0.2, 0.25) is 0 Å². The highest BCUT2D eigenvalue weighted by Gasteiger charge is 2.20. The molecule has 4 heteroatoms. The molecule has 1 atom stereocenters. The van der Waals surface area contributed by atoms with Crippen molar-refractivity contribution in [1.82, 2.24) is 20.3 Å². The Morgan fingerprint density at radius 2 is 1.52 bits per heavy atom. The molecule has 1 unspecified atom stereocenters. The van der Waals surface area contributed by atoms with Gasteiger partial charge in [0.25, 0.3) is 0 Å². The largest absolute Gasteiger partial charge is 0.304 e. The van der Waals surface area contributed by atoms with E-state index in [1.165, 1.54) is 11.1 Å². The molecule has 0 saturated carbocycles. The predicted molar refractivity (Wildman–Crippen MR) is 84.7 cm³/mol. The van der Waals surface area contributed by atoms with E-state index in [0.29, 0.717) is 0 Å². The van der Waals surface area contributed by atoms with Gasteiger partial charge in [-0.2, -0.15) is 0 Å². The second-order valence-electron chi connectivity index (χ2n) is 5.54. The molecular formula is C17H22N4. The number of likely N-dealkylation sites (N-methyl/N-ethyl adjacent to an activating group) is 1. The number of nitrogens with zero attached hydrogens (tertiary/aromatic N) is 3. The molecule has 21 heavy (non-hydrogen) atoms. The van der Waals surface area contributed by atoms with Crippen LogP contribution >= 0.6 is 0 Å². The van der Waals surface area contributed by atoms with Crippen molar-refractivity contribution in [3.8, 4) is 0 Å². The van der Waals surface area contributed by atoms with Crippen LogP contribution in [0.3, 0.4) is 0 Å². The first-order valence-electron chi connectivity index (χ1n) is 7.47. The van der Waals surface area contributed by atoms with Gasteiger partial charge in [0.1, 0.15) is 0 Å². The van der Waals surface area contributed by atoms with Gasteiger partial charge in [0, 0.05) is 38.6 Å². The first-order chi connectivity index (χ1) is 10.3. The number of benzene rings is 1. The lowest BCUT2D eigenvalue weighted by Gasteiger charge is -2.35. The van der Waals surface area contributed by atoms with Crippen molar-refractivity contribution >= 4 is 0 Å². The van der Waals surface area contributed by atoms with Crippen LogP contribution < -0.4 is 5.43 Å². The zero-order valence-corrected chi connectivity index (χ0v) is 12.4. The minimum atomic E-state index is 0.178. The number of nitrogens with one attached hydrogen (secondary N) is 1. The van der Waals surface area contributed by atoms with Gasteiger partial charge in [-0.3, -0.25) is 4.98 Å². The second-order valence-corrected chi connectivity index (χ2v) is 5.54. The summed E-state index contributed by atoms with van der Waals surface area (Å²) in [6, 6.07) is 14.9. The molecule has 2 heterocycles. The fraction of sp³-hybridized carbons (Fsp3) is 0.353. The van der Waals surface area contributed by atoms with E-state index in [-0.39, 0.29) is 6.04 Å². The predicted octanol–water partition coefficient (Wildman–Crippen LogP) is 1.92. The number of hydrazine groups is 1. The van der Waals surface area contributed by atoms with Crippen LogP contribution in [-0.4, -0.2) is 48.1 Å². The van der Waals surface area contributed by atoms with Crippen molar-refractivity contribution in [2.75, 3.05) is 33.2 Å². The fourth-order valence-corrected chi connectivity index (χ4v) is 2.66. The molecular weight excluding hydrogens is 260 g/mol. The Hall–Kier alpha value is -1.75. The molecule has 1 aromatic carbocycles. The Morgan fingerprint density at radius 3 is 2.19 bits per heavy atom. The van der Waals surface area contributed by atoms with Crippen LogP contribution in [0.2, 0.25) is 0 Å². The average Bonchev–Trinajstić information content (AvgIpc) is 2.56. The van der Waals surface area contributed by atoms with E-state index in [1.54, 1.807) is 0 Å². The second kappa shape index (κ2) is 6.80. The Balaban J connectivity index is 1.80. The summed E-state index contributed by atoms with van der Waals surface area (Å²) >= 11 is 0. The monoisotopic (exact) mass is 282 g/mol. The number of hydrogen-bond donors (Lipinski definition) is 1. The van der Waals surface area contributed by atoms with Gasteiger partial charge in [-0.15, -0.1) is 0 Å². The Morgan fingerprint density at radius 1 is 0.905 bits per heavy atom. The molecule has 110 valence electrons. The quantitative estimate of drug-likeness (QED) is 0.928. The van der Waals surface area contributed by atoms with Crippen LogP contribution in [-0.2, 0) is 0 Å². The maximum atomic E-state index is 4.13. The summed E-state index contributed by atoms with van der Waals surface area (Å²) in [6.07, 6.45) is 3.72. The molecule has 4 nitrogen and oxygen atoms in total. The number of pyridine rings is 1. The van der Waals surface area contributed by atoms with E-state index in [2.05, 4.69) is 69.8 Å². The normalized spacial score (nSPS) is 18.5. The highest BCUT2D eigenvalue weighted by Crippen LogP contribution is 2.22. The molecule has 2 aromatic rings. The zero-order chi connectivity index (χ0) is 14.5. The van der Waals surface area contributed by atoms with Crippen LogP contribution in [0.5, 0.6) is 0 Å². The SMILES string of the molecule is CN1CCN(NC(c2ccccc2)c2ccncc2)CC1. The molecule has 0 amide bonds. The zero-order valence-electron chi connectivity index (χ0n) is 12.4. The molecule has 1 aromatic heterocycles. The van der Waals surface area contributed by atoms with Crippen molar-refractivity contribution in [3.63, 3.8) is 0 Å². The third-order valence-corrected chi connectivity index (χ3v) is 3.99. The van der Waals surface area contributed by atoms with E-state index in [1.807, 2.05) is 12.4 Å². The summed E-state index contributed by atoms with van der Waals surface area (Å²) in [5.41, 5.74) is 6.21. The first kappa shape index (κ1) is 14.2. The molecule has 1 aliphatic rings. The lowest BCUT2D eigenvalue weighted by molar-refractivity contribution is 0.0933. The highest BCUT2D eigenvalue weighted by atomic mass is 15.5. The van der Waals surface area contributed by atoms with Gasteiger partial charge in [-0.05, 0) is 30.3 Å². The van der Waals surface area contributed by atoms with Gasteiger partial charge in [0.15, 0.2) is 0 Å². The van der Waals surface area contributed by atoms with E-state index >= 15 is 0 Å². The fourth-order valence-electron chi connectivity index (χ4n) is 2.66. The van der Waals surface area contributed by atoms with Crippen LogP contribution in [0.25, 0.3) is 0 Å². The molecule has 1 aliphatic heterocycles. The molecule has 1 fully saturated rings. The van der Waals surface area contributed by atoms with Gasteiger partial charge < -0.3 is 4.90 Å². The molecule has 1 N–H and O–H groups in total. The highest BCUT2D eigenvalue weighted by molar-refractivity contribution is 5.30. The maximum Gasteiger partial charge on any atom is 0.0715 e. The Kier molecular flexibility index (Phi) is 4.60. The topological polar surface area (TPSA) is 31.4 Å². The number of hydrogen-bond acceptors (Lipinski definition) is 4. The van der Waals surface area contributed by atoms with E-state index < -0.39 is 0 Å². The summed E-state index contributed by atoms with van der Waals surface area (Å²) in [7, 11) is 2.18. The van der Waals surface area contributed by atoms with Crippen molar-refractivity contribution in [3.05, 3.63) is 66.0 Å². The van der Waals surface area contributed by atoms with Crippen molar-refractivity contribution in [1.29, 1.82) is 0 Å². The van der Waals surface area contributed by atoms with Crippen LogP contribution in [0.4, 0.5) is 0 Å². The van der Waals surface area contributed by atoms with Crippen molar-refractivity contribution < 1.29 is 0 Å². The smallest absolute Gasteiger partial charge is 0.0715 e. The van der Waals surface area contributed by atoms with E-state index in [9.17, 15) is 0 Å². The third kappa shape index (κ3) is 3.67. The minimum absolute atomic E-state index is 0.178. The minimum Gasteiger partial charge on any atom is -0.304 e. The third-order valence-electron chi connectivity index (χ3n) is 3.99. The number of aromatic nitrogens is 1. The molecule has 0 radical (unpaired) electrons. The summed E-state index contributed by atoms with van der Waals surface area (Å²) in [4.78, 5) is 6.49. The molecule has 0 aliphatic carbocycles. The van der Waals surface area contributed by atoms with Crippen molar-refractivity contribution in [2.45, 2.75) is 6.04 Å².